The third-order valence-corrected chi connectivity index (χ3v) is 4.55. The zero-order chi connectivity index (χ0) is 22.4. The molecule has 2 aromatic carbocycles. The fraction of sp³-hybridized carbons (Fsp3) is 0.217. The Kier molecular flexibility index (Phi) is 6.67. The lowest BCUT2D eigenvalue weighted by molar-refractivity contribution is -0.123. The van der Waals surface area contributed by atoms with Crippen LogP contribution in [0.2, 0.25) is 0 Å². The molecule has 3 aromatic rings. The Morgan fingerprint density at radius 1 is 1.10 bits per heavy atom. The second-order valence-corrected chi connectivity index (χ2v) is 7.27. The van der Waals surface area contributed by atoms with Gasteiger partial charge in [0.05, 0.1) is 34.8 Å². The van der Waals surface area contributed by atoms with Crippen LogP contribution in [0.5, 0.6) is 5.75 Å². The van der Waals surface area contributed by atoms with E-state index in [1.165, 1.54) is 6.20 Å². The summed E-state index contributed by atoms with van der Waals surface area (Å²) in [6.45, 7) is 5.67. The molecule has 158 valence electrons. The van der Waals surface area contributed by atoms with E-state index in [1.807, 2.05) is 51.1 Å². The molecule has 0 saturated heterocycles. The van der Waals surface area contributed by atoms with E-state index >= 15 is 0 Å². The second-order valence-electron chi connectivity index (χ2n) is 7.27. The molecule has 2 amide bonds. The number of rotatable bonds is 6. The lowest BCUT2D eigenvalue weighted by atomic mass is 10.1. The van der Waals surface area contributed by atoms with Crippen LogP contribution in [0.4, 0.5) is 0 Å². The van der Waals surface area contributed by atoms with Crippen molar-refractivity contribution in [3.05, 3.63) is 77.1 Å². The van der Waals surface area contributed by atoms with Crippen molar-refractivity contribution in [2.75, 3.05) is 6.61 Å². The third kappa shape index (κ3) is 5.28. The van der Waals surface area contributed by atoms with Crippen molar-refractivity contribution in [2.24, 2.45) is 0 Å². The number of aromatic nitrogens is 2. The van der Waals surface area contributed by atoms with Gasteiger partial charge in [-0.15, -0.1) is 0 Å². The summed E-state index contributed by atoms with van der Waals surface area (Å²) in [6, 6.07) is 16.2. The maximum absolute atomic E-state index is 12.7. The van der Waals surface area contributed by atoms with Crippen LogP contribution in [-0.2, 0) is 4.79 Å². The van der Waals surface area contributed by atoms with Gasteiger partial charge in [-0.2, -0.15) is 10.4 Å². The van der Waals surface area contributed by atoms with Crippen molar-refractivity contribution >= 4 is 11.8 Å². The van der Waals surface area contributed by atoms with E-state index < -0.39 is 11.8 Å². The van der Waals surface area contributed by atoms with E-state index in [2.05, 4.69) is 16.0 Å². The van der Waals surface area contributed by atoms with Gasteiger partial charge in [0.2, 0.25) is 0 Å². The van der Waals surface area contributed by atoms with Crippen molar-refractivity contribution in [3.63, 3.8) is 0 Å². The Balaban J connectivity index is 1.62. The quantitative estimate of drug-likeness (QED) is 0.599. The summed E-state index contributed by atoms with van der Waals surface area (Å²) >= 11 is 0. The number of hydrogen-bond donors (Lipinski definition) is 2. The topological polar surface area (TPSA) is 109 Å². The van der Waals surface area contributed by atoms with Gasteiger partial charge in [0, 0.05) is 0 Å². The fourth-order valence-corrected chi connectivity index (χ4v) is 2.98. The average Bonchev–Trinajstić information content (AvgIpc) is 3.22. The van der Waals surface area contributed by atoms with Crippen LogP contribution >= 0.6 is 0 Å². The maximum atomic E-state index is 12.7. The van der Waals surface area contributed by atoms with E-state index in [4.69, 9.17) is 10.00 Å². The van der Waals surface area contributed by atoms with E-state index in [9.17, 15) is 9.59 Å². The summed E-state index contributed by atoms with van der Waals surface area (Å²) in [6.07, 6.45) is 1.49. The van der Waals surface area contributed by atoms with Gasteiger partial charge in [-0.05, 0) is 49.2 Å². The van der Waals surface area contributed by atoms with Crippen LogP contribution in [0.25, 0.3) is 5.69 Å². The van der Waals surface area contributed by atoms with Gasteiger partial charge in [-0.25, -0.2) is 4.68 Å². The highest BCUT2D eigenvalue weighted by Crippen LogP contribution is 2.23. The molecule has 0 bridgehead atoms. The standard InChI is InChI=1S/C23H23N5O3/c1-15(2)22-20(13-25-28(22)18-8-4-16(3)5-9-18)23(30)27-26-21(29)14-31-19-10-6-17(12-24)7-11-19/h4-11,13,15H,14H2,1-3H3,(H,26,29)(H,27,30). The molecule has 1 heterocycles. The SMILES string of the molecule is Cc1ccc(-n2ncc(C(=O)NNC(=O)COc3ccc(C#N)cc3)c2C(C)C)cc1. The van der Waals surface area contributed by atoms with Gasteiger partial charge in [0.1, 0.15) is 5.75 Å². The van der Waals surface area contributed by atoms with Crippen LogP contribution in [0, 0.1) is 18.3 Å². The molecule has 2 N–H and O–H groups in total. The largest absolute Gasteiger partial charge is 0.484 e. The predicted molar refractivity (Wildman–Crippen MR) is 115 cm³/mol. The minimum Gasteiger partial charge on any atom is -0.484 e. The predicted octanol–water partition coefficient (Wildman–Crippen LogP) is 3.02. The zero-order valence-corrected chi connectivity index (χ0v) is 17.5. The zero-order valence-electron chi connectivity index (χ0n) is 17.5. The van der Waals surface area contributed by atoms with Gasteiger partial charge in [0.15, 0.2) is 6.61 Å². The number of hydrogen-bond acceptors (Lipinski definition) is 5. The van der Waals surface area contributed by atoms with Crippen LogP contribution in [0.3, 0.4) is 0 Å². The highest BCUT2D eigenvalue weighted by atomic mass is 16.5. The number of ether oxygens (including phenoxy) is 1. The molecule has 8 nitrogen and oxygen atoms in total. The van der Waals surface area contributed by atoms with Gasteiger partial charge in [-0.1, -0.05) is 31.5 Å². The molecular weight excluding hydrogens is 394 g/mol. The number of carbonyl (C=O) groups is 2. The average molecular weight is 417 g/mol. The van der Waals surface area contributed by atoms with Crippen LogP contribution in [-0.4, -0.2) is 28.2 Å². The Morgan fingerprint density at radius 2 is 1.77 bits per heavy atom. The number of carbonyl (C=O) groups excluding carboxylic acids is 2. The fourth-order valence-electron chi connectivity index (χ4n) is 2.98. The molecule has 1 aromatic heterocycles. The first-order valence-electron chi connectivity index (χ1n) is 9.76. The Labute approximate surface area is 180 Å². The van der Waals surface area contributed by atoms with Crippen molar-refractivity contribution in [2.45, 2.75) is 26.7 Å². The van der Waals surface area contributed by atoms with E-state index in [0.717, 1.165) is 16.9 Å². The van der Waals surface area contributed by atoms with Gasteiger partial charge in [-0.3, -0.25) is 20.4 Å². The number of aryl methyl sites for hydroxylation is 1. The molecule has 0 unspecified atom stereocenters. The maximum Gasteiger partial charge on any atom is 0.276 e. The second kappa shape index (κ2) is 9.59. The number of nitrogens with zero attached hydrogens (tertiary/aromatic N) is 3. The van der Waals surface area contributed by atoms with Crippen molar-refractivity contribution in [1.29, 1.82) is 5.26 Å². The van der Waals surface area contributed by atoms with Crippen LogP contribution in [0.1, 0.15) is 46.9 Å². The molecule has 0 aliphatic rings. The normalized spacial score (nSPS) is 10.4. The number of nitrogens with one attached hydrogen (secondary N) is 2. The molecule has 0 atom stereocenters. The first-order chi connectivity index (χ1) is 14.9. The summed E-state index contributed by atoms with van der Waals surface area (Å²) in [5.41, 5.74) is 8.35. The van der Waals surface area contributed by atoms with E-state index in [1.54, 1.807) is 28.9 Å². The summed E-state index contributed by atoms with van der Waals surface area (Å²) in [5.74, 6) is -0.509. The molecule has 0 spiro atoms. The highest BCUT2D eigenvalue weighted by Gasteiger charge is 2.21. The van der Waals surface area contributed by atoms with Crippen molar-refractivity contribution in [1.82, 2.24) is 20.6 Å². The minimum atomic E-state index is -0.519. The summed E-state index contributed by atoms with van der Waals surface area (Å²) in [4.78, 5) is 24.7. The number of benzene rings is 2. The Hall–Kier alpha value is -4.12. The molecule has 0 radical (unpaired) electrons. The lowest BCUT2D eigenvalue weighted by Gasteiger charge is -2.13. The molecule has 0 saturated carbocycles. The van der Waals surface area contributed by atoms with Crippen molar-refractivity contribution < 1.29 is 14.3 Å². The molecule has 8 heteroatoms. The molecule has 3 rings (SSSR count). The van der Waals surface area contributed by atoms with Gasteiger partial charge in [0.25, 0.3) is 11.8 Å². The van der Waals surface area contributed by atoms with Crippen molar-refractivity contribution in [3.8, 4) is 17.5 Å². The summed E-state index contributed by atoms with van der Waals surface area (Å²) < 4.78 is 7.08. The number of nitriles is 1. The van der Waals surface area contributed by atoms with Gasteiger partial charge >= 0.3 is 0 Å². The first kappa shape index (κ1) is 21.6. The number of amides is 2. The number of hydrazine groups is 1. The van der Waals surface area contributed by atoms with Crippen LogP contribution < -0.4 is 15.6 Å². The molecular formula is C23H23N5O3. The monoisotopic (exact) mass is 417 g/mol. The Bertz CT molecular complexity index is 1110. The molecule has 0 aliphatic heterocycles. The van der Waals surface area contributed by atoms with Gasteiger partial charge < -0.3 is 4.74 Å². The third-order valence-electron chi connectivity index (χ3n) is 4.55. The van der Waals surface area contributed by atoms with Crippen LogP contribution in [0.15, 0.2) is 54.7 Å². The first-order valence-corrected chi connectivity index (χ1v) is 9.76. The lowest BCUT2D eigenvalue weighted by Crippen LogP contribution is -2.44. The van der Waals surface area contributed by atoms with E-state index in [-0.39, 0.29) is 12.5 Å². The smallest absolute Gasteiger partial charge is 0.276 e. The molecule has 31 heavy (non-hydrogen) atoms. The van der Waals surface area contributed by atoms with E-state index in [0.29, 0.717) is 16.9 Å². The summed E-state index contributed by atoms with van der Waals surface area (Å²) in [5, 5.41) is 13.2. The highest BCUT2D eigenvalue weighted by molar-refractivity contribution is 5.96. The molecule has 0 aliphatic carbocycles. The minimum absolute atomic E-state index is 0.0278. The summed E-state index contributed by atoms with van der Waals surface area (Å²) in [7, 11) is 0. The molecule has 0 fully saturated rings. The Morgan fingerprint density at radius 3 is 2.39 bits per heavy atom.